The first-order valence-corrected chi connectivity index (χ1v) is 6.30. The van der Waals surface area contributed by atoms with Crippen LogP contribution < -0.4 is 11.1 Å². The third-order valence-corrected chi connectivity index (χ3v) is 2.86. The lowest BCUT2D eigenvalue weighted by Gasteiger charge is -2.09. The summed E-state index contributed by atoms with van der Waals surface area (Å²) in [6, 6.07) is 5.42. The maximum absolute atomic E-state index is 12.2. The number of aromatic nitrogens is 2. The maximum Gasteiger partial charge on any atom is 0.273 e. The van der Waals surface area contributed by atoms with Gasteiger partial charge in [-0.25, -0.2) is 4.98 Å². The highest BCUT2D eigenvalue weighted by molar-refractivity contribution is 6.03. The highest BCUT2D eigenvalue weighted by Crippen LogP contribution is 2.15. The monoisotopic (exact) mass is 258 g/mol. The lowest BCUT2D eigenvalue weighted by atomic mass is 10.3. The molecule has 2 rings (SSSR count). The van der Waals surface area contributed by atoms with E-state index in [-0.39, 0.29) is 5.91 Å². The Hall–Kier alpha value is -2.30. The molecule has 2 aromatic heterocycles. The molecule has 0 atom stereocenters. The number of amides is 1. The SMILES string of the molecule is CCCn1cc(N)cc1C(=O)Nc1ncccc1C. The highest BCUT2D eigenvalue weighted by atomic mass is 16.2. The van der Waals surface area contributed by atoms with Gasteiger partial charge in [-0.1, -0.05) is 13.0 Å². The molecule has 0 unspecified atom stereocenters. The Labute approximate surface area is 112 Å². The van der Waals surface area contributed by atoms with Crippen molar-refractivity contribution in [1.29, 1.82) is 0 Å². The molecule has 2 aromatic rings. The molecule has 1 amide bonds. The zero-order valence-corrected chi connectivity index (χ0v) is 11.2. The van der Waals surface area contributed by atoms with E-state index < -0.39 is 0 Å². The molecule has 5 heteroatoms. The summed E-state index contributed by atoms with van der Waals surface area (Å²) in [5.41, 5.74) is 7.84. The summed E-state index contributed by atoms with van der Waals surface area (Å²) in [6.45, 7) is 4.73. The number of nitrogens with one attached hydrogen (secondary N) is 1. The lowest BCUT2D eigenvalue weighted by Crippen LogP contribution is -2.18. The van der Waals surface area contributed by atoms with E-state index in [4.69, 9.17) is 5.73 Å². The van der Waals surface area contributed by atoms with Crippen LogP contribution in [0.3, 0.4) is 0 Å². The summed E-state index contributed by atoms with van der Waals surface area (Å²) in [5, 5.41) is 2.81. The molecule has 0 radical (unpaired) electrons. The van der Waals surface area contributed by atoms with Crippen LogP contribution in [0.4, 0.5) is 11.5 Å². The molecule has 0 aliphatic rings. The second-order valence-corrected chi connectivity index (χ2v) is 4.48. The van der Waals surface area contributed by atoms with Gasteiger partial charge in [-0.3, -0.25) is 4.79 Å². The molecule has 0 fully saturated rings. The van der Waals surface area contributed by atoms with Gasteiger partial charge in [0.25, 0.3) is 5.91 Å². The Balaban J connectivity index is 2.23. The van der Waals surface area contributed by atoms with Crippen LogP contribution in [-0.4, -0.2) is 15.5 Å². The Morgan fingerprint density at radius 2 is 2.32 bits per heavy atom. The first-order chi connectivity index (χ1) is 9.11. The summed E-state index contributed by atoms with van der Waals surface area (Å²) in [4.78, 5) is 16.4. The van der Waals surface area contributed by atoms with Crippen molar-refractivity contribution < 1.29 is 4.79 Å². The van der Waals surface area contributed by atoms with E-state index >= 15 is 0 Å². The Morgan fingerprint density at radius 3 is 3.00 bits per heavy atom. The fraction of sp³-hybridized carbons (Fsp3) is 0.286. The number of carbonyl (C=O) groups is 1. The van der Waals surface area contributed by atoms with Gasteiger partial charge < -0.3 is 15.6 Å². The van der Waals surface area contributed by atoms with Crippen molar-refractivity contribution in [2.75, 3.05) is 11.1 Å². The van der Waals surface area contributed by atoms with E-state index in [9.17, 15) is 4.79 Å². The molecule has 5 nitrogen and oxygen atoms in total. The molecule has 0 aromatic carbocycles. The number of pyridine rings is 1. The van der Waals surface area contributed by atoms with Gasteiger partial charge >= 0.3 is 0 Å². The first kappa shape index (κ1) is 13.1. The predicted octanol–water partition coefficient (Wildman–Crippen LogP) is 2.44. The minimum absolute atomic E-state index is 0.188. The normalized spacial score (nSPS) is 10.4. The summed E-state index contributed by atoms with van der Waals surface area (Å²) >= 11 is 0. The van der Waals surface area contributed by atoms with Crippen LogP contribution in [0, 0.1) is 6.92 Å². The predicted molar refractivity (Wildman–Crippen MR) is 76.1 cm³/mol. The van der Waals surface area contributed by atoms with Gasteiger partial charge in [0.2, 0.25) is 0 Å². The topological polar surface area (TPSA) is 72.9 Å². The quantitative estimate of drug-likeness (QED) is 0.884. The largest absolute Gasteiger partial charge is 0.397 e. The minimum Gasteiger partial charge on any atom is -0.397 e. The molecule has 100 valence electrons. The van der Waals surface area contributed by atoms with Crippen LogP contribution in [-0.2, 0) is 6.54 Å². The van der Waals surface area contributed by atoms with Gasteiger partial charge in [0.1, 0.15) is 11.5 Å². The van der Waals surface area contributed by atoms with Crippen LogP contribution in [0.5, 0.6) is 0 Å². The van der Waals surface area contributed by atoms with E-state index in [0.29, 0.717) is 17.2 Å². The molecule has 0 saturated carbocycles. The molecule has 19 heavy (non-hydrogen) atoms. The fourth-order valence-corrected chi connectivity index (χ4v) is 1.94. The molecule has 0 bridgehead atoms. The van der Waals surface area contributed by atoms with Gasteiger partial charge in [0.05, 0.1) is 5.69 Å². The fourth-order valence-electron chi connectivity index (χ4n) is 1.94. The van der Waals surface area contributed by atoms with Crippen molar-refractivity contribution in [1.82, 2.24) is 9.55 Å². The van der Waals surface area contributed by atoms with Crippen molar-refractivity contribution in [3.8, 4) is 0 Å². The molecule has 0 aliphatic heterocycles. The van der Waals surface area contributed by atoms with E-state index in [1.54, 1.807) is 18.5 Å². The van der Waals surface area contributed by atoms with Crippen molar-refractivity contribution >= 4 is 17.4 Å². The van der Waals surface area contributed by atoms with Crippen molar-refractivity contribution in [3.05, 3.63) is 41.9 Å². The number of nitrogen functional groups attached to an aromatic ring is 1. The second kappa shape index (κ2) is 5.56. The highest BCUT2D eigenvalue weighted by Gasteiger charge is 2.13. The van der Waals surface area contributed by atoms with Gasteiger partial charge in [-0.05, 0) is 31.0 Å². The van der Waals surface area contributed by atoms with Gasteiger partial charge in [0.15, 0.2) is 0 Å². The van der Waals surface area contributed by atoms with E-state index in [2.05, 4.69) is 17.2 Å². The first-order valence-electron chi connectivity index (χ1n) is 6.30. The zero-order valence-electron chi connectivity index (χ0n) is 11.2. The van der Waals surface area contributed by atoms with Crippen molar-refractivity contribution in [2.24, 2.45) is 0 Å². The summed E-state index contributed by atoms with van der Waals surface area (Å²) < 4.78 is 1.86. The molecule has 0 spiro atoms. The molecular weight excluding hydrogens is 240 g/mol. The number of nitrogens with zero attached hydrogens (tertiary/aromatic N) is 2. The average molecular weight is 258 g/mol. The third kappa shape index (κ3) is 2.93. The van der Waals surface area contributed by atoms with E-state index in [0.717, 1.165) is 18.5 Å². The van der Waals surface area contributed by atoms with Gasteiger partial charge in [-0.2, -0.15) is 0 Å². The minimum atomic E-state index is -0.188. The Bertz CT molecular complexity index is 589. The number of nitrogens with two attached hydrogens (primary N) is 1. The number of hydrogen-bond donors (Lipinski definition) is 2. The number of hydrogen-bond acceptors (Lipinski definition) is 3. The maximum atomic E-state index is 12.2. The lowest BCUT2D eigenvalue weighted by molar-refractivity contribution is 0.101. The second-order valence-electron chi connectivity index (χ2n) is 4.48. The van der Waals surface area contributed by atoms with Crippen LogP contribution in [0.15, 0.2) is 30.6 Å². The van der Waals surface area contributed by atoms with Crippen molar-refractivity contribution in [3.63, 3.8) is 0 Å². The summed E-state index contributed by atoms with van der Waals surface area (Å²) in [7, 11) is 0. The molecule has 0 saturated heterocycles. The van der Waals surface area contributed by atoms with E-state index in [1.807, 2.05) is 23.6 Å². The summed E-state index contributed by atoms with van der Waals surface area (Å²) in [6.07, 6.45) is 4.38. The molecule has 3 N–H and O–H groups in total. The number of aryl methyl sites for hydroxylation is 2. The number of rotatable bonds is 4. The molecule has 0 aliphatic carbocycles. The molecular formula is C14H18N4O. The number of carbonyl (C=O) groups excluding carboxylic acids is 1. The zero-order chi connectivity index (χ0) is 13.8. The van der Waals surface area contributed by atoms with Crippen LogP contribution in [0.2, 0.25) is 0 Å². The summed E-state index contributed by atoms with van der Waals surface area (Å²) in [5.74, 6) is 0.391. The average Bonchev–Trinajstić information content (AvgIpc) is 2.74. The Kier molecular flexibility index (Phi) is 3.85. The standard InChI is InChI=1S/C14H18N4O/c1-3-7-18-9-11(15)8-12(18)14(19)17-13-10(2)5-4-6-16-13/h4-6,8-9H,3,7,15H2,1-2H3,(H,16,17,19). The molecule has 2 heterocycles. The number of anilines is 2. The van der Waals surface area contributed by atoms with E-state index in [1.165, 1.54) is 0 Å². The smallest absolute Gasteiger partial charge is 0.273 e. The third-order valence-electron chi connectivity index (χ3n) is 2.86. The van der Waals surface area contributed by atoms with Crippen LogP contribution in [0.25, 0.3) is 0 Å². The van der Waals surface area contributed by atoms with Crippen molar-refractivity contribution in [2.45, 2.75) is 26.8 Å². The van der Waals surface area contributed by atoms with Gasteiger partial charge in [-0.15, -0.1) is 0 Å². The van der Waals surface area contributed by atoms with Crippen LogP contribution in [0.1, 0.15) is 29.4 Å². The van der Waals surface area contributed by atoms with Gasteiger partial charge in [0, 0.05) is 18.9 Å². The van der Waals surface area contributed by atoms with Crippen LogP contribution >= 0.6 is 0 Å². The Morgan fingerprint density at radius 1 is 1.53 bits per heavy atom.